The Balaban J connectivity index is 2.32. The molecule has 0 unspecified atom stereocenters. The first-order valence-electron chi connectivity index (χ1n) is 4.89. The summed E-state index contributed by atoms with van der Waals surface area (Å²) in [6.07, 6.45) is -4.56. The largest absolute Gasteiger partial charge is 0.433 e. The van der Waals surface area contributed by atoms with E-state index in [0.29, 0.717) is 5.69 Å². The van der Waals surface area contributed by atoms with Crippen molar-refractivity contribution >= 4 is 23.1 Å². The molecule has 0 aliphatic carbocycles. The number of hydrogen-bond acceptors (Lipinski definition) is 3. The molecule has 3 nitrogen and oxygen atoms in total. The van der Waals surface area contributed by atoms with E-state index in [1.54, 1.807) is 30.3 Å². The summed E-state index contributed by atoms with van der Waals surface area (Å²) in [4.78, 5) is 6.82. The minimum Gasteiger partial charge on any atom is -0.340 e. The molecule has 0 aliphatic heterocycles. The van der Waals surface area contributed by atoms with Crippen LogP contribution in [0.4, 0.5) is 24.7 Å². The molecule has 7 heteroatoms. The van der Waals surface area contributed by atoms with Crippen LogP contribution in [0, 0.1) is 0 Å². The van der Waals surface area contributed by atoms with Crippen molar-refractivity contribution in [2.75, 3.05) is 5.32 Å². The average molecular weight is 274 g/mol. The topological polar surface area (TPSA) is 37.8 Å². The Morgan fingerprint density at radius 1 is 1.06 bits per heavy atom. The summed E-state index contributed by atoms with van der Waals surface area (Å²) in [7, 11) is 0. The summed E-state index contributed by atoms with van der Waals surface area (Å²) in [5.74, 6) is -0.00600. The Morgan fingerprint density at radius 2 is 1.72 bits per heavy atom. The van der Waals surface area contributed by atoms with Crippen LogP contribution >= 0.6 is 11.6 Å². The third kappa shape index (κ3) is 3.10. The molecule has 1 aromatic carbocycles. The Kier molecular flexibility index (Phi) is 3.38. The smallest absolute Gasteiger partial charge is 0.340 e. The molecule has 1 heterocycles. The molecule has 1 N–H and O–H groups in total. The van der Waals surface area contributed by atoms with E-state index in [1.807, 2.05) is 0 Å². The normalized spacial score (nSPS) is 11.3. The van der Waals surface area contributed by atoms with E-state index >= 15 is 0 Å². The van der Waals surface area contributed by atoms with Gasteiger partial charge in [0, 0.05) is 11.8 Å². The average Bonchev–Trinajstić information content (AvgIpc) is 2.28. The van der Waals surface area contributed by atoms with Crippen LogP contribution in [0.2, 0.25) is 5.28 Å². The number of nitrogens with one attached hydrogen (secondary N) is 1. The number of anilines is 2. The van der Waals surface area contributed by atoms with E-state index in [1.165, 1.54) is 0 Å². The number of para-hydroxylation sites is 1. The predicted octanol–water partition coefficient (Wildman–Crippen LogP) is 3.89. The molecule has 0 saturated heterocycles. The summed E-state index contributed by atoms with van der Waals surface area (Å²) in [5, 5.41) is 2.27. The van der Waals surface area contributed by atoms with Crippen LogP contribution in [0.5, 0.6) is 0 Å². The summed E-state index contributed by atoms with van der Waals surface area (Å²) >= 11 is 5.46. The summed E-state index contributed by atoms with van der Waals surface area (Å²) in [5.41, 5.74) is -0.471. The fourth-order valence-corrected chi connectivity index (χ4v) is 1.48. The van der Waals surface area contributed by atoms with Gasteiger partial charge in [-0.3, -0.25) is 0 Å². The standard InChI is InChI=1S/C11H7ClF3N3/c12-10-17-8(11(13,14)15)6-9(18-10)16-7-4-2-1-3-5-7/h1-6H,(H,16,17,18). The lowest BCUT2D eigenvalue weighted by Gasteiger charge is -2.09. The molecule has 2 rings (SSSR count). The summed E-state index contributed by atoms with van der Waals surface area (Å²) in [6, 6.07) is 9.48. The highest BCUT2D eigenvalue weighted by Gasteiger charge is 2.33. The van der Waals surface area contributed by atoms with E-state index in [-0.39, 0.29) is 5.82 Å². The van der Waals surface area contributed by atoms with Crippen LogP contribution in [-0.4, -0.2) is 9.97 Å². The lowest BCUT2D eigenvalue weighted by molar-refractivity contribution is -0.141. The van der Waals surface area contributed by atoms with E-state index < -0.39 is 17.2 Å². The first kappa shape index (κ1) is 12.6. The highest BCUT2D eigenvalue weighted by molar-refractivity contribution is 6.28. The van der Waals surface area contributed by atoms with Crippen LogP contribution in [0.25, 0.3) is 0 Å². The lowest BCUT2D eigenvalue weighted by atomic mass is 10.3. The molecule has 0 amide bonds. The van der Waals surface area contributed by atoms with Crippen molar-refractivity contribution in [1.29, 1.82) is 0 Å². The van der Waals surface area contributed by atoms with Crippen molar-refractivity contribution in [2.24, 2.45) is 0 Å². The summed E-state index contributed by atoms with van der Waals surface area (Å²) < 4.78 is 37.5. The summed E-state index contributed by atoms with van der Waals surface area (Å²) in [6.45, 7) is 0. The molecular weight excluding hydrogens is 267 g/mol. The molecule has 0 radical (unpaired) electrons. The molecule has 1 aromatic heterocycles. The molecular formula is C11H7ClF3N3. The molecule has 0 spiro atoms. The van der Waals surface area contributed by atoms with E-state index in [0.717, 1.165) is 6.07 Å². The molecule has 18 heavy (non-hydrogen) atoms. The van der Waals surface area contributed by atoms with Gasteiger partial charge in [-0.25, -0.2) is 9.97 Å². The highest BCUT2D eigenvalue weighted by Crippen LogP contribution is 2.30. The van der Waals surface area contributed by atoms with E-state index in [4.69, 9.17) is 11.6 Å². The maximum absolute atomic E-state index is 12.5. The minimum absolute atomic E-state index is 0.00600. The quantitative estimate of drug-likeness (QED) is 0.844. The fourth-order valence-electron chi connectivity index (χ4n) is 1.30. The van der Waals surface area contributed by atoms with Gasteiger partial charge in [0.1, 0.15) is 5.82 Å². The Hall–Kier alpha value is -1.82. The first-order chi connectivity index (χ1) is 8.45. The first-order valence-corrected chi connectivity index (χ1v) is 5.27. The Bertz CT molecular complexity index is 543. The van der Waals surface area contributed by atoms with Crippen molar-refractivity contribution in [1.82, 2.24) is 9.97 Å². The van der Waals surface area contributed by atoms with Crippen LogP contribution < -0.4 is 5.32 Å². The SMILES string of the molecule is FC(F)(F)c1cc(Nc2ccccc2)nc(Cl)n1. The molecule has 0 atom stereocenters. The number of rotatable bonds is 2. The zero-order valence-electron chi connectivity index (χ0n) is 8.87. The maximum Gasteiger partial charge on any atom is 0.433 e. The number of halogens is 4. The third-order valence-electron chi connectivity index (χ3n) is 2.04. The van der Waals surface area contributed by atoms with E-state index in [9.17, 15) is 13.2 Å². The molecule has 2 aromatic rings. The predicted molar refractivity (Wildman–Crippen MR) is 61.8 cm³/mol. The van der Waals surface area contributed by atoms with E-state index in [2.05, 4.69) is 15.3 Å². The minimum atomic E-state index is -4.56. The highest BCUT2D eigenvalue weighted by atomic mass is 35.5. The molecule has 0 saturated carbocycles. The van der Waals surface area contributed by atoms with Crippen LogP contribution in [0.15, 0.2) is 36.4 Å². The fraction of sp³-hybridized carbons (Fsp3) is 0.0909. The zero-order chi connectivity index (χ0) is 13.2. The molecule has 94 valence electrons. The second kappa shape index (κ2) is 4.81. The molecule has 0 fully saturated rings. The van der Waals surface area contributed by atoms with Crippen LogP contribution in [0.3, 0.4) is 0 Å². The molecule has 0 bridgehead atoms. The number of nitrogens with zero attached hydrogens (tertiary/aromatic N) is 2. The number of aromatic nitrogens is 2. The van der Waals surface area contributed by atoms with Gasteiger partial charge in [0.05, 0.1) is 0 Å². The zero-order valence-corrected chi connectivity index (χ0v) is 9.63. The van der Waals surface area contributed by atoms with Gasteiger partial charge in [0.15, 0.2) is 5.69 Å². The second-order valence-electron chi connectivity index (χ2n) is 3.40. The van der Waals surface area contributed by atoms with Gasteiger partial charge in [0.25, 0.3) is 0 Å². The van der Waals surface area contributed by atoms with Crippen molar-refractivity contribution < 1.29 is 13.2 Å². The van der Waals surface area contributed by atoms with Gasteiger partial charge in [0.2, 0.25) is 5.28 Å². The lowest BCUT2D eigenvalue weighted by Crippen LogP contribution is -2.10. The number of benzene rings is 1. The van der Waals surface area contributed by atoms with Gasteiger partial charge in [-0.2, -0.15) is 13.2 Å². The Labute approximate surface area is 106 Å². The number of hydrogen-bond donors (Lipinski definition) is 1. The van der Waals surface area contributed by atoms with Gasteiger partial charge >= 0.3 is 6.18 Å². The third-order valence-corrected chi connectivity index (χ3v) is 2.20. The Morgan fingerprint density at radius 3 is 2.33 bits per heavy atom. The van der Waals surface area contributed by atoms with Crippen molar-refractivity contribution in [3.63, 3.8) is 0 Å². The second-order valence-corrected chi connectivity index (χ2v) is 3.73. The van der Waals surface area contributed by atoms with Crippen molar-refractivity contribution in [2.45, 2.75) is 6.18 Å². The molecule has 0 aliphatic rings. The van der Waals surface area contributed by atoms with Gasteiger partial charge < -0.3 is 5.32 Å². The maximum atomic E-state index is 12.5. The van der Waals surface area contributed by atoms with Gasteiger partial charge in [-0.15, -0.1) is 0 Å². The number of alkyl halides is 3. The van der Waals surface area contributed by atoms with Crippen LogP contribution in [-0.2, 0) is 6.18 Å². The van der Waals surface area contributed by atoms with Crippen molar-refractivity contribution in [3.05, 3.63) is 47.4 Å². The van der Waals surface area contributed by atoms with Crippen molar-refractivity contribution in [3.8, 4) is 0 Å². The van der Waals surface area contributed by atoms with Gasteiger partial charge in [-0.05, 0) is 23.7 Å². The monoisotopic (exact) mass is 273 g/mol. The van der Waals surface area contributed by atoms with Gasteiger partial charge in [-0.1, -0.05) is 18.2 Å². The van der Waals surface area contributed by atoms with Crippen LogP contribution in [0.1, 0.15) is 5.69 Å².